The second kappa shape index (κ2) is 4.96. The number of rotatable bonds is 4. The maximum Gasteiger partial charge on any atom is 0.225 e. The molecule has 0 spiro atoms. The molecule has 0 saturated heterocycles. The van der Waals surface area contributed by atoms with E-state index in [0.717, 1.165) is 11.3 Å². The molecule has 1 aromatic heterocycles. The highest BCUT2D eigenvalue weighted by Crippen LogP contribution is 2.20. The summed E-state index contributed by atoms with van der Waals surface area (Å²) in [7, 11) is 0. The van der Waals surface area contributed by atoms with Crippen molar-refractivity contribution in [3.63, 3.8) is 0 Å². The Labute approximate surface area is 96.3 Å². The maximum atomic E-state index is 7.53. The molecule has 0 saturated carbocycles. The number of nitrogens with two attached hydrogens (primary N) is 1. The van der Waals surface area contributed by atoms with Crippen LogP contribution in [0.15, 0.2) is 6.07 Å². The molecule has 4 nitrogen and oxygen atoms in total. The zero-order chi connectivity index (χ0) is 12.3. The van der Waals surface area contributed by atoms with Gasteiger partial charge in [-0.25, -0.2) is 4.98 Å². The quantitative estimate of drug-likeness (QED) is 0.603. The van der Waals surface area contributed by atoms with Gasteiger partial charge >= 0.3 is 0 Å². The largest absolute Gasteiger partial charge is 0.477 e. The number of aromatic nitrogens is 1. The number of nitrogens with one attached hydrogen (secondary N) is 1. The molecule has 0 aliphatic carbocycles. The minimum Gasteiger partial charge on any atom is -0.477 e. The third kappa shape index (κ3) is 2.95. The molecular weight excluding hydrogens is 202 g/mol. The summed E-state index contributed by atoms with van der Waals surface area (Å²) in [5, 5.41) is 7.53. The van der Waals surface area contributed by atoms with Crippen LogP contribution in [0.1, 0.15) is 30.7 Å². The summed E-state index contributed by atoms with van der Waals surface area (Å²) in [5.41, 5.74) is 7.94. The average molecular weight is 221 g/mol. The summed E-state index contributed by atoms with van der Waals surface area (Å²) in [5.74, 6) is 0.893. The molecule has 0 fully saturated rings. The van der Waals surface area contributed by atoms with Gasteiger partial charge in [-0.2, -0.15) is 0 Å². The van der Waals surface area contributed by atoms with Crippen LogP contribution < -0.4 is 10.5 Å². The first kappa shape index (κ1) is 12.5. The van der Waals surface area contributed by atoms with Crippen molar-refractivity contribution in [1.82, 2.24) is 4.98 Å². The molecule has 1 heterocycles. The SMILES string of the molecule is Cc1cc(C)c(C(=N)N)c(OCC(C)C)n1. The van der Waals surface area contributed by atoms with Crippen molar-refractivity contribution in [3.8, 4) is 5.88 Å². The third-order valence-corrected chi connectivity index (χ3v) is 2.13. The first-order valence-corrected chi connectivity index (χ1v) is 5.37. The van der Waals surface area contributed by atoms with Crippen molar-refractivity contribution in [3.05, 3.63) is 22.9 Å². The van der Waals surface area contributed by atoms with Crippen molar-refractivity contribution in [2.75, 3.05) is 6.61 Å². The summed E-state index contributed by atoms with van der Waals surface area (Å²) >= 11 is 0. The molecular formula is C12H19N3O. The molecule has 0 amide bonds. The number of hydrogen-bond acceptors (Lipinski definition) is 3. The van der Waals surface area contributed by atoms with Gasteiger partial charge in [0.2, 0.25) is 5.88 Å². The van der Waals surface area contributed by atoms with Crippen LogP contribution >= 0.6 is 0 Å². The van der Waals surface area contributed by atoms with E-state index in [9.17, 15) is 0 Å². The van der Waals surface area contributed by atoms with Gasteiger partial charge in [-0.3, -0.25) is 5.41 Å². The number of nitrogens with zero attached hydrogens (tertiary/aromatic N) is 1. The highest BCUT2D eigenvalue weighted by Gasteiger charge is 2.13. The highest BCUT2D eigenvalue weighted by atomic mass is 16.5. The minimum atomic E-state index is 0.00348. The Balaban J connectivity index is 3.09. The molecule has 1 rings (SSSR count). The Morgan fingerprint density at radius 2 is 2.12 bits per heavy atom. The van der Waals surface area contributed by atoms with Crippen molar-refractivity contribution < 1.29 is 4.74 Å². The third-order valence-electron chi connectivity index (χ3n) is 2.13. The minimum absolute atomic E-state index is 0.00348. The fraction of sp³-hybridized carbons (Fsp3) is 0.500. The molecule has 4 heteroatoms. The Morgan fingerprint density at radius 1 is 1.50 bits per heavy atom. The van der Waals surface area contributed by atoms with Gasteiger partial charge in [-0.15, -0.1) is 0 Å². The van der Waals surface area contributed by atoms with Crippen LogP contribution in [0.25, 0.3) is 0 Å². The van der Waals surface area contributed by atoms with Crippen LogP contribution in [0.2, 0.25) is 0 Å². The first-order valence-electron chi connectivity index (χ1n) is 5.37. The standard InChI is InChI=1S/C12H19N3O/c1-7(2)6-16-12-10(11(13)14)8(3)5-9(4)15-12/h5,7H,6H2,1-4H3,(H3,13,14). The Kier molecular flexibility index (Phi) is 3.88. The molecule has 1 aromatic rings. The summed E-state index contributed by atoms with van der Waals surface area (Å²) in [6.45, 7) is 8.52. The van der Waals surface area contributed by atoms with Gasteiger partial charge in [0.25, 0.3) is 0 Å². The van der Waals surface area contributed by atoms with E-state index in [2.05, 4.69) is 18.8 Å². The molecule has 16 heavy (non-hydrogen) atoms. The average Bonchev–Trinajstić information content (AvgIpc) is 2.12. The molecule has 0 bridgehead atoms. The second-order valence-corrected chi connectivity index (χ2v) is 4.38. The van der Waals surface area contributed by atoms with Crippen LogP contribution in [0.3, 0.4) is 0 Å². The fourth-order valence-electron chi connectivity index (χ4n) is 1.48. The van der Waals surface area contributed by atoms with Crippen LogP contribution in [0.4, 0.5) is 0 Å². The van der Waals surface area contributed by atoms with Gasteiger partial charge in [-0.05, 0) is 31.4 Å². The van der Waals surface area contributed by atoms with Gasteiger partial charge in [-0.1, -0.05) is 13.8 Å². The first-order chi connectivity index (χ1) is 7.41. The van der Waals surface area contributed by atoms with Crippen LogP contribution in [0.5, 0.6) is 5.88 Å². The van der Waals surface area contributed by atoms with Gasteiger partial charge in [0, 0.05) is 5.69 Å². The number of pyridine rings is 1. The van der Waals surface area contributed by atoms with Crippen molar-refractivity contribution >= 4 is 5.84 Å². The molecule has 0 unspecified atom stereocenters. The van der Waals surface area contributed by atoms with Gasteiger partial charge < -0.3 is 10.5 Å². The van der Waals surface area contributed by atoms with Crippen LogP contribution in [0, 0.1) is 25.2 Å². The van der Waals surface area contributed by atoms with Gasteiger partial charge in [0.05, 0.1) is 12.2 Å². The number of aryl methyl sites for hydroxylation is 2. The van der Waals surface area contributed by atoms with E-state index in [-0.39, 0.29) is 5.84 Å². The molecule has 3 N–H and O–H groups in total. The number of ether oxygens (including phenoxy) is 1. The molecule has 0 aromatic carbocycles. The smallest absolute Gasteiger partial charge is 0.225 e. The van der Waals surface area contributed by atoms with E-state index in [1.54, 1.807) is 0 Å². The summed E-state index contributed by atoms with van der Waals surface area (Å²) < 4.78 is 5.59. The summed E-state index contributed by atoms with van der Waals surface area (Å²) in [6.07, 6.45) is 0. The second-order valence-electron chi connectivity index (χ2n) is 4.38. The Bertz CT molecular complexity index is 399. The molecule has 0 aliphatic heterocycles. The fourth-order valence-corrected chi connectivity index (χ4v) is 1.48. The van der Waals surface area contributed by atoms with Crippen LogP contribution in [-0.4, -0.2) is 17.4 Å². The zero-order valence-corrected chi connectivity index (χ0v) is 10.3. The summed E-state index contributed by atoms with van der Waals surface area (Å²) in [4.78, 5) is 4.28. The van der Waals surface area contributed by atoms with Crippen molar-refractivity contribution in [2.45, 2.75) is 27.7 Å². The maximum absolute atomic E-state index is 7.53. The number of amidine groups is 1. The van der Waals surface area contributed by atoms with Crippen LogP contribution in [-0.2, 0) is 0 Å². The Hall–Kier alpha value is -1.58. The lowest BCUT2D eigenvalue weighted by Gasteiger charge is -2.14. The topological polar surface area (TPSA) is 72.0 Å². The lowest BCUT2D eigenvalue weighted by molar-refractivity contribution is 0.260. The zero-order valence-electron chi connectivity index (χ0n) is 10.3. The molecule has 0 aliphatic rings. The van der Waals surface area contributed by atoms with E-state index in [0.29, 0.717) is 24.0 Å². The molecule has 0 radical (unpaired) electrons. The predicted octanol–water partition coefficient (Wildman–Crippen LogP) is 2.02. The predicted molar refractivity (Wildman–Crippen MR) is 65.1 cm³/mol. The van der Waals surface area contributed by atoms with E-state index in [1.807, 2.05) is 19.9 Å². The van der Waals surface area contributed by atoms with E-state index < -0.39 is 0 Å². The van der Waals surface area contributed by atoms with Gasteiger partial charge in [0.1, 0.15) is 5.84 Å². The molecule has 88 valence electrons. The van der Waals surface area contributed by atoms with Crippen molar-refractivity contribution in [1.29, 1.82) is 5.41 Å². The van der Waals surface area contributed by atoms with E-state index in [4.69, 9.17) is 15.9 Å². The number of nitrogen functional groups attached to an aromatic ring is 1. The lowest BCUT2D eigenvalue weighted by atomic mass is 10.1. The number of hydrogen-bond donors (Lipinski definition) is 2. The van der Waals surface area contributed by atoms with E-state index >= 15 is 0 Å². The van der Waals surface area contributed by atoms with Crippen molar-refractivity contribution in [2.24, 2.45) is 11.7 Å². The van der Waals surface area contributed by atoms with E-state index in [1.165, 1.54) is 0 Å². The molecule has 0 atom stereocenters. The Morgan fingerprint density at radius 3 is 2.62 bits per heavy atom. The normalized spacial score (nSPS) is 10.6. The van der Waals surface area contributed by atoms with Gasteiger partial charge in [0.15, 0.2) is 0 Å². The summed E-state index contributed by atoms with van der Waals surface area (Å²) in [6, 6.07) is 1.90. The lowest BCUT2D eigenvalue weighted by Crippen LogP contribution is -2.17. The monoisotopic (exact) mass is 221 g/mol. The highest BCUT2D eigenvalue weighted by molar-refractivity contribution is 5.98.